The lowest BCUT2D eigenvalue weighted by molar-refractivity contribution is 1.46. The maximum atomic E-state index is 2.51. The summed E-state index contributed by atoms with van der Waals surface area (Å²) < 4.78 is 2.51. The van der Waals surface area contributed by atoms with Gasteiger partial charge in [-0.15, -0.1) is 0 Å². The molecule has 6 aromatic carbocycles. The van der Waals surface area contributed by atoms with Gasteiger partial charge in [0.05, 0.1) is 20.8 Å². The molecule has 0 N–H and O–H groups in total. The second-order valence-corrected chi connectivity index (χ2v) is 13.1. The number of rotatable bonds is 1. The molecule has 0 unspecified atom stereocenters. The highest BCUT2D eigenvalue weighted by Crippen LogP contribution is 2.37. The van der Waals surface area contributed by atoms with Crippen LogP contribution in [0.5, 0.6) is 0 Å². The molecule has 0 saturated carbocycles. The lowest BCUT2D eigenvalue weighted by atomic mass is 9.94. The molecule has 0 heterocycles. The number of anilines is 1. The molecule has 0 fully saturated rings. The van der Waals surface area contributed by atoms with Crippen molar-refractivity contribution in [2.45, 2.75) is 6.92 Å². The molecule has 6 rings (SSSR count). The molecule has 144 valence electrons. The molecule has 0 aliphatic rings. The van der Waals surface area contributed by atoms with Crippen molar-refractivity contribution >= 4 is 80.4 Å². The zero-order valence-corrected chi connectivity index (χ0v) is 21.5. The van der Waals surface area contributed by atoms with Gasteiger partial charge in [-0.2, -0.15) is 0 Å². The van der Waals surface area contributed by atoms with Crippen LogP contribution in [0.1, 0.15) is 5.56 Å². The fraction of sp³-hybridized carbons (Fsp3) is 0.0370. The third-order valence-corrected chi connectivity index (χ3v) is 7.31. The molecule has 0 atom stereocenters. The van der Waals surface area contributed by atoms with Gasteiger partial charge in [0.1, 0.15) is 0 Å². The molecule has 0 saturated heterocycles. The van der Waals surface area contributed by atoms with Crippen LogP contribution in [0.25, 0.3) is 53.9 Å². The minimum atomic E-state index is 1.07. The quantitative estimate of drug-likeness (QED) is 0.204. The molecule has 0 aliphatic heterocycles. The van der Waals surface area contributed by atoms with Crippen molar-refractivity contribution in [3.05, 3.63) is 90.5 Å². The van der Waals surface area contributed by atoms with E-state index < -0.39 is 0 Å². The molecule has 0 aromatic heterocycles. The first-order valence-corrected chi connectivity index (χ1v) is 12.3. The Morgan fingerprint density at radius 2 is 1.00 bits per heavy atom. The van der Waals surface area contributed by atoms with Gasteiger partial charge in [0.25, 0.3) is 0 Å². The van der Waals surface area contributed by atoms with E-state index in [1.807, 2.05) is 0 Å². The lowest BCUT2D eigenvalue weighted by Crippen LogP contribution is -2.15. The minimum Gasteiger partial charge on any atom is -0.438 e. The molecule has 3 heteroatoms. The van der Waals surface area contributed by atoms with E-state index in [0.717, 1.165) is 20.8 Å². The Labute approximate surface area is 181 Å². The van der Waals surface area contributed by atoms with Crippen molar-refractivity contribution in [2.24, 2.45) is 0 Å². The first-order valence-electron chi connectivity index (χ1n) is 10.5. The third kappa shape index (κ3) is 2.59. The van der Waals surface area contributed by atoms with Gasteiger partial charge < -0.3 is 4.23 Å². The average Bonchev–Trinajstić information content (AvgIpc) is 2.74. The van der Waals surface area contributed by atoms with Crippen molar-refractivity contribution in [2.75, 3.05) is 4.23 Å². The fourth-order valence-corrected chi connectivity index (χ4v) is 6.20. The Kier molecular flexibility index (Phi) is 3.79. The summed E-state index contributed by atoms with van der Waals surface area (Å²) in [5, 5.41) is 13.3. The average molecular weight is 418 g/mol. The highest BCUT2D eigenvalue weighted by atomic mass is 28.2. The Bertz CT molecular complexity index is 1630. The summed E-state index contributed by atoms with van der Waals surface area (Å²) >= 11 is 0. The van der Waals surface area contributed by atoms with Crippen LogP contribution in [0.2, 0.25) is 0 Å². The van der Waals surface area contributed by atoms with Crippen molar-refractivity contribution in [1.82, 2.24) is 0 Å². The van der Waals surface area contributed by atoms with Crippen molar-refractivity contribution in [1.29, 1.82) is 0 Å². The summed E-state index contributed by atoms with van der Waals surface area (Å²) in [5.74, 6) is 0. The predicted molar refractivity (Wildman–Crippen MR) is 141 cm³/mol. The maximum absolute atomic E-state index is 2.51. The van der Waals surface area contributed by atoms with Crippen LogP contribution in [0.15, 0.2) is 84.9 Å². The lowest BCUT2D eigenvalue weighted by Gasteiger charge is -2.20. The molecule has 0 radical (unpaired) electrons. The smallest absolute Gasteiger partial charge is 0.0965 e. The summed E-state index contributed by atoms with van der Waals surface area (Å²) in [5.41, 5.74) is 2.81. The molecule has 0 amide bonds. The Morgan fingerprint density at radius 1 is 0.500 bits per heavy atom. The third-order valence-electron chi connectivity index (χ3n) is 6.42. The van der Waals surface area contributed by atoms with E-state index >= 15 is 0 Å². The van der Waals surface area contributed by atoms with Crippen LogP contribution in [-0.4, -0.2) is 20.8 Å². The summed E-state index contributed by atoms with van der Waals surface area (Å²) in [6.07, 6.45) is 0. The summed E-state index contributed by atoms with van der Waals surface area (Å²) in [4.78, 5) is 0. The Balaban J connectivity index is 1.75. The van der Waals surface area contributed by atoms with E-state index in [1.165, 1.54) is 65.1 Å². The molecule has 1 nitrogen and oxygen atoms in total. The number of benzene rings is 6. The standard InChI is InChI=1S/C27H23NSi2/c1-16-6-7-21-12-19-8-9-20-13-22-10-17-4-2-3-5-18(17)11-23(22)14-24(20)25(19)15-26(21)27(16)28(29)30/h2-15H,1,29-30H3. The van der Waals surface area contributed by atoms with Crippen LogP contribution in [0.3, 0.4) is 0 Å². The van der Waals surface area contributed by atoms with Gasteiger partial charge in [-0.1, -0.05) is 48.5 Å². The summed E-state index contributed by atoms with van der Waals surface area (Å²) in [6, 6.07) is 31.9. The van der Waals surface area contributed by atoms with Gasteiger partial charge in [-0.25, -0.2) is 0 Å². The Hall–Kier alpha value is -3.15. The molecule has 30 heavy (non-hydrogen) atoms. The highest BCUT2D eigenvalue weighted by Gasteiger charge is 2.10. The fourth-order valence-electron chi connectivity index (χ4n) is 5.01. The first kappa shape index (κ1) is 17.7. The van der Waals surface area contributed by atoms with Crippen LogP contribution in [0.4, 0.5) is 5.69 Å². The van der Waals surface area contributed by atoms with Crippen molar-refractivity contribution in [3.8, 4) is 0 Å². The molecule has 6 aromatic rings. The molecule has 0 spiro atoms. The van der Waals surface area contributed by atoms with E-state index in [1.54, 1.807) is 0 Å². The van der Waals surface area contributed by atoms with E-state index in [2.05, 4.69) is 96.1 Å². The van der Waals surface area contributed by atoms with Gasteiger partial charge in [0.2, 0.25) is 0 Å². The van der Waals surface area contributed by atoms with Gasteiger partial charge in [-0.3, -0.25) is 0 Å². The van der Waals surface area contributed by atoms with Gasteiger partial charge in [0, 0.05) is 11.1 Å². The number of hydrogen-bond acceptors (Lipinski definition) is 1. The van der Waals surface area contributed by atoms with Gasteiger partial charge in [0.15, 0.2) is 0 Å². The van der Waals surface area contributed by atoms with E-state index in [4.69, 9.17) is 0 Å². The number of nitrogens with zero attached hydrogens (tertiary/aromatic N) is 1. The minimum absolute atomic E-state index is 1.07. The van der Waals surface area contributed by atoms with Crippen LogP contribution >= 0.6 is 0 Å². The second-order valence-electron chi connectivity index (χ2n) is 8.61. The normalized spacial score (nSPS) is 12.0. The zero-order chi connectivity index (χ0) is 20.4. The van der Waals surface area contributed by atoms with Gasteiger partial charge in [-0.05, 0) is 97.4 Å². The predicted octanol–water partition coefficient (Wildman–Crippen LogP) is 5.13. The van der Waals surface area contributed by atoms with Crippen molar-refractivity contribution < 1.29 is 0 Å². The maximum Gasteiger partial charge on any atom is 0.0965 e. The van der Waals surface area contributed by atoms with Gasteiger partial charge >= 0.3 is 0 Å². The Morgan fingerprint density at radius 3 is 1.67 bits per heavy atom. The van der Waals surface area contributed by atoms with E-state index in [9.17, 15) is 0 Å². The molecular formula is C27H23NSi2. The number of fused-ring (bicyclic) bond motifs is 6. The van der Waals surface area contributed by atoms with Crippen LogP contribution in [-0.2, 0) is 0 Å². The highest BCUT2D eigenvalue weighted by molar-refractivity contribution is 6.43. The van der Waals surface area contributed by atoms with Crippen molar-refractivity contribution in [3.63, 3.8) is 0 Å². The summed E-state index contributed by atoms with van der Waals surface area (Å²) in [7, 11) is 2.13. The van der Waals surface area contributed by atoms with E-state index in [0.29, 0.717) is 0 Å². The number of hydrogen-bond donors (Lipinski definition) is 0. The molecule has 0 bridgehead atoms. The van der Waals surface area contributed by atoms with Crippen LogP contribution < -0.4 is 4.23 Å². The summed E-state index contributed by atoms with van der Waals surface area (Å²) in [6.45, 7) is 2.24. The largest absolute Gasteiger partial charge is 0.438 e. The SMILES string of the molecule is Cc1ccc2cc3ccc4cc5cc6ccccc6cc5cc4c3cc2c1N([SiH3])[SiH3]. The zero-order valence-electron chi connectivity index (χ0n) is 17.5. The second kappa shape index (κ2) is 6.43. The topological polar surface area (TPSA) is 3.24 Å². The number of aryl methyl sites for hydroxylation is 1. The molecular weight excluding hydrogens is 394 g/mol. The van der Waals surface area contributed by atoms with Crippen LogP contribution in [0, 0.1) is 6.92 Å². The van der Waals surface area contributed by atoms with E-state index in [-0.39, 0.29) is 0 Å². The monoisotopic (exact) mass is 417 g/mol. The molecule has 0 aliphatic carbocycles. The first-order chi connectivity index (χ1) is 14.6.